The summed E-state index contributed by atoms with van der Waals surface area (Å²) in [5, 5.41) is 2.95. The number of nitrogens with zero attached hydrogens (tertiary/aromatic N) is 2. The van der Waals surface area contributed by atoms with Gasteiger partial charge in [-0.15, -0.1) is 0 Å². The molecule has 2 aliphatic rings. The Labute approximate surface area is 146 Å². The van der Waals surface area contributed by atoms with Crippen LogP contribution in [0.25, 0.3) is 0 Å². The number of hydrogen-bond acceptors (Lipinski definition) is 4. The first-order chi connectivity index (χ1) is 12.1. The molecule has 2 heterocycles. The first-order valence-electron chi connectivity index (χ1n) is 8.65. The predicted molar refractivity (Wildman–Crippen MR) is 90.3 cm³/mol. The van der Waals surface area contributed by atoms with E-state index < -0.39 is 5.92 Å². The van der Waals surface area contributed by atoms with Crippen LogP contribution in [0.4, 0.5) is 4.39 Å². The number of ether oxygens (including phenoxy) is 1. The number of rotatable bonds is 5. The highest BCUT2D eigenvalue weighted by Crippen LogP contribution is 2.37. The molecule has 0 saturated carbocycles. The number of benzene rings is 1. The number of nitrogens with one attached hydrogen (secondary N) is 1. The van der Waals surface area contributed by atoms with E-state index in [9.17, 15) is 14.0 Å². The lowest BCUT2D eigenvalue weighted by Gasteiger charge is -2.27. The summed E-state index contributed by atoms with van der Waals surface area (Å²) in [6, 6.07) is 5.65. The maximum Gasteiger partial charge on any atom is 0.226 e. The number of halogens is 1. The van der Waals surface area contributed by atoms with Crippen LogP contribution >= 0.6 is 0 Å². The highest BCUT2D eigenvalue weighted by Gasteiger charge is 2.42. The summed E-state index contributed by atoms with van der Waals surface area (Å²) in [5.41, 5.74) is 0.781. The summed E-state index contributed by atoms with van der Waals surface area (Å²) in [6.45, 7) is 4.51. The molecule has 25 heavy (non-hydrogen) atoms. The van der Waals surface area contributed by atoms with Crippen LogP contribution in [0.1, 0.15) is 18.0 Å². The molecular weight excluding hydrogens is 325 g/mol. The Kier molecular flexibility index (Phi) is 5.65. The van der Waals surface area contributed by atoms with Crippen molar-refractivity contribution in [1.29, 1.82) is 0 Å². The highest BCUT2D eigenvalue weighted by molar-refractivity contribution is 5.90. The Morgan fingerprint density at radius 1 is 1.28 bits per heavy atom. The molecule has 2 aliphatic heterocycles. The Hall–Kier alpha value is -1.99. The minimum Gasteiger partial charge on any atom is -0.379 e. The lowest BCUT2D eigenvalue weighted by atomic mass is 9.93. The van der Waals surface area contributed by atoms with Crippen LogP contribution < -0.4 is 5.32 Å². The van der Waals surface area contributed by atoms with Crippen LogP contribution in [0, 0.1) is 11.7 Å². The molecule has 2 saturated heterocycles. The zero-order valence-electron chi connectivity index (χ0n) is 14.4. The minimum absolute atomic E-state index is 0.0670. The third-order valence-electron chi connectivity index (χ3n) is 4.97. The van der Waals surface area contributed by atoms with Crippen molar-refractivity contribution in [2.24, 2.45) is 5.92 Å². The average Bonchev–Trinajstić information content (AvgIpc) is 2.92. The van der Waals surface area contributed by atoms with Gasteiger partial charge < -0.3 is 15.0 Å². The van der Waals surface area contributed by atoms with Gasteiger partial charge >= 0.3 is 0 Å². The summed E-state index contributed by atoms with van der Waals surface area (Å²) < 4.78 is 18.5. The van der Waals surface area contributed by atoms with Gasteiger partial charge in [0.25, 0.3) is 0 Å². The Balaban J connectivity index is 1.61. The van der Waals surface area contributed by atoms with Crippen molar-refractivity contribution in [1.82, 2.24) is 15.1 Å². The van der Waals surface area contributed by atoms with Gasteiger partial charge in [-0.2, -0.15) is 0 Å². The van der Waals surface area contributed by atoms with Crippen molar-refractivity contribution in [3.8, 4) is 0 Å². The highest BCUT2D eigenvalue weighted by atomic mass is 19.1. The molecule has 2 atom stereocenters. The normalized spacial score (nSPS) is 24.6. The van der Waals surface area contributed by atoms with Crippen molar-refractivity contribution >= 4 is 11.8 Å². The first kappa shape index (κ1) is 17.8. The van der Waals surface area contributed by atoms with E-state index >= 15 is 0 Å². The van der Waals surface area contributed by atoms with Crippen molar-refractivity contribution < 1.29 is 18.7 Å². The van der Waals surface area contributed by atoms with Gasteiger partial charge in [0.1, 0.15) is 5.82 Å². The zero-order chi connectivity index (χ0) is 17.8. The number of carbonyl (C=O) groups is 2. The van der Waals surface area contributed by atoms with Crippen LogP contribution in [0.3, 0.4) is 0 Å². The number of morpholine rings is 1. The lowest BCUT2D eigenvalue weighted by molar-refractivity contribution is -0.128. The standard InChI is InChI=1S/C18H24FN3O3/c1-21-16(23)12-15(17(21)13-2-4-14(19)5-3-13)18(24)20-6-7-22-8-10-25-11-9-22/h2-5,15,17H,6-12H2,1H3,(H,20,24)/t15-,17-/m1/s1. The molecular formula is C18H24FN3O3. The van der Waals surface area contributed by atoms with E-state index in [-0.39, 0.29) is 30.1 Å². The minimum atomic E-state index is -0.451. The zero-order valence-corrected chi connectivity index (χ0v) is 14.4. The number of carbonyl (C=O) groups excluding carboxylic acids is 2. The number of hydrogen-bond donors (Lipinski definition) is 1. The molecule has 0 unspecified atom stereocenters. The molecule has 3 rings (SSSR count). The molecule has 0 spiro atoms. The fraction of sp³-hybridized carbons (Fsp3) is 0.556. The molecule has 6 nitrogen and oxygen atoms in total. The maximum atomic E-state index is 13.2. The second kappa shape index (κ2) is 7.93. The molecule has 2 fully saturated rings. The SMILES string of the molecule is CN1C(=O)C[C@@H](C(=O)NCCN2CCOCC2)[C@H]1c1ccc(F)cc1. The van der Waals surface area contributed by atoms with Gasteiger partial charge in [0, 0.05) is 39.6 Å². The van der Waals surface area contributed by atoms with Gasteiger partial charge in [-0.25, -0.2) is 4.39 Å². The van der Waals surface area contributed by atoms with E-state index in [1.165, 1.54) is 12.1 Å². The fourth-order valence-electron chi connectivity index (χ4n) is 3.51. The van der Waals surface area contributed by atoms with Crippen LogP contribution in [-0.4, -0.2) is 68.1 Å². The molecule has 0 aromatic heterocycles. The van der Waals surface area contributed by atoms with Crippen molar-refractivity contribution in [3.05, 3.63) is 35.6 Å². The third-order valence-corrected chi connectivity index (χ3v) is 4.97. The molecule has 0 radical (unpaired) electrons. The van der Waals surface area contributed by atoms with Crippen molar-refractivity contribution in [2.75, 3.05) is 46.4 Å². The maximum absolute atomic E-state index is 13.2. The first-order valence-corrected chi connectivity index (χ1v) is 8.65. The van der Waals surface area contributed by atoms with E-state index in [1.54, 1.807) is 24.1 Å². The third kappa shape index (κ3) is 4.16. The van der Waals surface area contributed by atoms with Gasteiger partial charge in [-0.3, -0.25) is 14.5 Å². The topological polar surface area (TPSA) is 61.9 Å². The van der Waals surface area contributed by atoms with Gasteiger partial charge in [0.15, 0.2) is 0 Å². The second-order valence-electron chi connectivity index (χ2n) is 6.56. The Bertz CT molecular complexity index is 616. The molecule has 1 N–H and O–H groups in total. The number of amides is 2. The van der Waals surface area contributed by atoms with Gasteiger partial charge in [0.05, 0.1) is 25.2 Å². The van der Waals surface area contributed by atoms with E-state index in [0.717, 1.165) is 38.4 Å². The smallest absolute Gasteiger partial charge is 0.226 e. The van der Waals surface area contributed by atoms with E-state index in [0.29, 0.717) is 6.54 Å². The molecule has 0 aliphatic carbocycles. The van der Waals surface area contributed by atoms with Crippen LogP contribution in [0.5, 0.6) is 0 Å². The number of likely N-dealkylation sites (tertiary alicyclic amines) is 1. The van der Waals surface area contributed by atoms with E-state index in [2.05, 4.69) is 10.2 Å². The lowest BCUT2D eigenvalue weighted by Crippen LogP contribution is -2.43. The van der Waals surface area contributed by atoms with Gasteiger partial charge in [-0.05, 0) is 17.7 Å². The summed E-state index contributed by atoms with van der Waals surface area (Å²) in [7, 11) is 1.69. The largest absolute Gasteiger partial charge is 0.379 e. The molecule has 1 aromatic rings. The molecule has 1 aromatic carbocycles. The molecule has 7 heteroatoms. The predicted octanol–water partition coefficient (Wildman–Crippen LogP) is 0.794. The van der Waals surface area contributed by atoms with Gasteiger partial charge in [0.2, 0.25) is 11.8 Å². The molecule has 2 amide bonds. The van der Waals surface area contributed by atoms with E-state index in [1.807, 2.05) is 0 Å². The molecule has 136 valence electrons. The van der Waals surface area contributed by atoms with Crippen LogP contribution in [-0.2, 0) is 14.3 Å². The monoisotopic (exact) mass is 349 g/mol. The summed E-state index contributed by atoms with van der Waals surface area (Å²) in [4.78, 5) is 28.6. The quantitative estimate of drug-likeness (QED) is 0.854. The Morgan fingerprint density at radius 2 is 1.96 bits per heavy atom. The van der Waals surface area contributed by atoms with E-state index in [4.69, 9.17) is 4.74 Å². The molecule has 0 bridgehead atoms. The second-order valence-corrected chi connectivity index (χ2v) is 6.56. The summed E-state index contributed by atoms with van der Waals surface area (Å²) >= 11 is 0. The van der Waals surface area contributed by atoms with Gasteiger partial charge in [-0.1, -0.05) is 12.1 Å². The summed E-state index contributed by atoms with van der Waals surface area (Å²) in [6.07, 6.45) is 0.182. The Morgan fingerprint density at radius 3 is 2.64 bits per heavy atom. The van der Waals surface area contributed by atoms with Crippen LogP contribution in [0.15, 0.2) is 24.3 Å². The van der Waals surface area contributed by atoms with Crippen molar-refractivity contribution in [2.45, 2.75) is 12.5 Å². The summed E-state index contributed by atoms with van der Waals surface area (Å²) in [5.74, 6) is -0.974. The van der Waals surface area contributed by atoms with Crippen LogP contribution in [0.2, 0.25) is 0 Å². The van der Waals surface area contributed by atoms with Crippen molar-refractivity contribution in [3.63, 3.8) is 0 Å². The fourth-order valence-corrected chi connectivity index (χ4v) is 3.51. The average molecular weight is 349 g/mol.